The number of rotatable bonds is 7. The third-order valence-corrected chi connectivity index (χ3v) is 3.78. The van der Waals surface area contributed by atoms with E-state index in [1.165, 1.54) is 30.3 Å². The number of hydrogen-bond acceptors (Lipinski definition) is 3. The molecular weight excluding hydrogens is 322 g/mol. The van der Waals surface area contributed by atoms with Crippen LogP contribution in [0.25, 0.3) is 0 Å². The molecule has 0 aliphatic heterocycles. The Morgan fingerprint density at radius 2 is 1.56 bits per heavy atom. The fraction of sp³-hybridized carbons (Fsp3) is 0.211. The van der Waals surface area contributed by atoms with Crippen LogP contribution in [-0.2, 0) is 6.42 Å². The molecule has 2 rings (SSSR count). The smallest absolute Gasteiger partial charge is 0.337 e. The first-order chi connectivity index (χ1) is 11.9. The van der Waals surface area contributed by atoms with E-state index in [4.69, 9.17) is 5.11 Å². The zero-order chi connectivity index (χ0) is 18.4. The fourth-order valence-electron chi connectivity index (χ4n) is 2.47. The molecule has 25 heavy (non-hydrogen) atoms. The summed E-state index contributed by atoms with van der Waals surface area (Å²) in [5.41, 5.74) is 0.828. The topological polar surface area (TPSA) is 104 Å². The van der Waals surface area contributed by atoms with Gasteiger partial charge >= 0.3 is 11.9 Å². The second-order valence-electron chi connectivity index (χ2n) is 5.59. The van der Waals surface area contributed by atoms with Gasteiger partial charge in [0, 0.05) is 0 Å². The van der Waals surface area contributed by atoms with Gasteiger partial charge in [0.05, 0.1) is 22.4 Å². The molecule has 0 bridgehead atoms. The van der Waals surface area contributed by atoms with Crippen molar-refractivity contribution >= 4 is 23.5 Å². The van der Waals surface area contributed by atoms with Gasteiger partial charge < -0.3 is 15.5 Å². The van der Waals surface area contributed by atoms with Crippen molar-refractivity contribution < 1.29 is 24.6 Å². The average Bonchev–Trinajstić information content (AvgIpc) is 2.60. The highest BCUT2D eigenvalue weighted by molar-refractivity contribution is 6.12. The fourth-order valence-corrected chi connectivity index (χ4v) is 2.47. The number of hydrogen-bond donors (Lipinski definition) is 3. The predicted octanol–water partition coefficient (Wildman–Crippen LogP) is 3.68. The largest absolute Gasteiger partial charge is 0.478 e. The van der Waals surface area contributed by atoms with Crippen molar-refractivity contribution in [1.29, 1.82) is 0 Å². The first-order valence-corrected chi connectivity index (χ1v) is 7.94. The highest BCUT2D eigenvalue weighted by Gasteiger charge is 2.18. The standard InChI is InChI=1S/C19H19NO5/c1-2-3-6-12-9-10-16(15(11-12)19(24)25)20-17(21)13-7-4-5-8-14(13)18(22)23/h4-5,7-11H,2-3,6H2,1H3,(H,20,21)(H,22,23)(H,24,25). The van der Waals surface area contributed by atoms with Crippen molar-refractivity contribution in [2.75, 3.05) is 5.32 Å². The Bertz CT molecular complexity index is 813. The molecule has 0 heterocycles. The molecular formula is C19H19NO5. The number of amides is 1. The average molecular weight is 341 g/mol. The van der Waals surface area contributed by atoms with Crippen molar-refractivity contribution in [3.8, 4) is 0 Å². The number of nitrogens with one attached hydrogen (secondary N) is 1. The number of carbonyl (C=O) groups is 3. The molecule has 6 nitrogen and oxygen atoms in total. The second kappa shape index (κ2) is 8.10. The van der Waals surface area contributed by atoms with E-state index in [1.54, 1.807) is 12.1 Å². The van der Waals surface area contributed by atoms with Crippen LogP contribution in [0, 0.1) is 0 Å². The van der Waals surface area contributed by atoms with Gasteiger partial charge in [0.1, 0.15) is 0 Å². The van der Waals surface area contributed by atoms with E-state index in [0.29, 0.717) is 0 Å². The van der Waals surface area contributed by atoms with Gasteiger partial charge in [-0.1, -0.05) is 31.5 Å². The van der Waals surface area contributed by atoms with Crippen molar-refractivity contribution in [3.63, 3.8) is 0 Å². The summed E-state index contributed by atoms with van der Waals surface area (Å²) in [6.07, 6.45) is 2.69. The maximum Gasteiger partial charge on any atom is 0.337 e. The lowest BCUT2D eigenvalue weighted by Crippen LogP contribution is -2.18. The minimum atomic E-state index is -1.22. The number of unbranched alkanes of at least 4 members (excludes halogenated alkanes) is 1. The molecule has 0 radical (unpaired) electrons. The Balaban J connectivity index is 2.32. The number of aromatic carboxylic acids is 2. The minimum Gasteiger partial charge on any atom is -0.478 e. The van der Waals surface area contributed by atoms with Crippen LogP contribution in [0.15, 0.2) is 42.5 Å². The van der Waals surface area contributed by atoms with Gasteiger partial charge in [0.15, 0.2) is 0 Å². The van der Waals surface area contributed by atoms with E-state index in [0.717, 1.165) is 24.8 Å². The van der Waals surface area contributed by atoms with Crippen LogP contribution in [0.5, 0.6) is 0 Å². The van der Waals surface area contributed by atoms with Crippen LogP contribution < -0.4 is 5.32 Å². The summed E-state index contributed by atoms with van der Waals surface area (Å²) >= 11 is 0. The van der Waals surface area contributed by atoms with Crippen LogP contribution in [0.3, 0.4) is 0 Å². The van der Waals surface area contributed by atoms with E-state index in [1.807, 2.05) is 6.92 Å². The molecule has 0 saturated heterocycles. The van der Waals surface area contributed by atoms with Gasteiger partial charge in [-0.3, -0.25) is 4.79 Å². The maximum atomic E-state index is 12.4. The number of anilines is 1. The Labute approximate surface area is 145 Å². The van der Waals surface area contributed by atoms with Gasteiger partial charge in [0.25, 0.3) is 5.91 Å². The SMILES string of the molecule is CCCCc1ccc(NC(=O)c2ccccc2C(=O)O)c(C(=O)O)c1. The van der Waals surface area contributed by atoms with Gasteiger partial charge in [-0.25, -0.2) is 9.59 Å². The zero-order valence-electron chi connectivity index (χ0n) is 13.8. The van der Waals surface area contributed by atoms with Gasteiger partial charge in [-0.05, 0) is 42.7 Å². The number of carbonyl (C=O) groups excluding carboxylic acids is 1. The molecule has 0 aliphatic carbocycles. The number of benzene rings is 2. The summed E-state index contributed by atoms with van der Waals surface area (Å²) in [6.45, 7) is 2.05. The Morgan fingerprint density at radius 1 is 0.920 bits per heavy atom. The minimum absolute atomic E-state index is 0.0187. The Hall–Kier alpha value is -3.15. The Kier molecular flexibility index (Phi) is 5.89. The van der Waals surface area contributed by atoms with Crippen LogP contribution in [-0.4, -0.2) is 28.1 Å². The summed E-state index contributed by atoms with van der Waals surface area (Å²) in [7, 11) is 0. The van der Waals surface area contributed by atoms with Crippen molar-refractivity contribution in [3.05, 3.63) is 64.7 Å². The number of aryl methyl sites for hydroxylation is 1. The number of carboxylic acid groups (broad SMARTS) is 2. The predicted molar refractivity (Wildman–Crippen MR) is 93.4 cm³/mol. The van der Waals surface area contributed by atoms with Crippen molar-refractivity contribution in [2.45, 2.75) is 26.2 Å². The highest BCUT2D eigenvalue weighted by Crippen LogP contribution is 2.21. The summed E-state index contributed by atoms with van der Waals surface area (Å²) in [5, 5.41) is 21.1. The van der Waals surface area contributed by atoms with Crippen LogP contribution >= 0.6 is 0 Å². The Morgan fingerprint density at radius 3 is 2.16 bits per heavy atom. The molecule has 0 spiro atoms. The molecule has 0 unspecified atom stereocenters. The lowest BCUT2D eigenvalue weighted by Gasteiger charge is -2.11. The summed E-state index contributed by atoms with van der Waals surface area (Å²) < 4.78 is 0. The van der Waals surface area contributed by atoms with Gasteiger partial charge in [-0.2, -0.15) is 0 Å². The lowest BCUT2D eigenvalue weighted by molar-refractivity contribution is 0.0684. The molecule has 0 atom stereocenters. The van der Waals surface area contributed by atoms with E-state index in [-0.39, 0.29) is 22.4 Å². The molecule has 0 aliphatic rings. The van der Waals surface area contributed by atoms with E-state index < -0.39 is 17.8 Å². The summed E-state index contributed by atoms with van der Waals surface area (Å²) in [5.74, 6) is -3.04. The van der Waals surface area contributed by atoms with Gasteiger partial charge in [-0.15, -0.1) is 0 Å². The van der Waals surface area contributed by atoms with E-state index in [2.05, 4.69) is 5.32 Å². The summed E-state index contributed by atoms with van der Waals surface area (Å²) in [4.78, 5) is 35.1. The highest BCUT2D eigenvalue weighted by atomic mass is 16.4. The maximum absolute atomic E-state index is 12.4. The third-order valence-electron chi connectivity index (χ3n) is 3.78. The molecule has 2 aromatic carbocycles. The molecule has 0 saturated carbocycles. The molecule has 130 valence electrons. The lowest BCUT2D eigenvalue weighted by atomic mass is 10.0. The molecule has 3 N–H and O–H groups in total. The number of carboxylic acids is 2. The van der Waals surface area contributed by atoms with E-state index in [9.17, 15) is 19.5 Å². The zero-order valence-corrected chi connectivity index (χ0v) is 13.8. The van der Waals surface area contributed by atoms with Crippen LogP contribution in [0.4, 0.5) is 5.69 Å². The summed E-state index contributed by atoms with van der Waals surface area (Å²) in [6, 6.07) is 10.6. The first kappa shape index (κ1) is 18.2. The molecule has 0 fully saturated rings. The monoisotopic (exact) mass is 341 g/mol. The van der Waals surface area contributed by atoms with Crippen molar-refractivity contribution in [1.82, 2.24) is 0 Å². The molecule has 0 aromatic heterocycles. The van der Waals surface area contributed by atoms with Crippen molar-refractivity contribution in [2.24, 2.45) is 0 Å². The quantitative estimate of drug-likeness (QED) is 0.713. The third kappa shape index (κ3) is 4.44. The second-order valence-corrected chi connectivity index (χ2v) is 5.59. The normalized spacial score (nSPS) is 10.3. The molecule has 1 amide bonds. The molecule has 2 aromatic rings. The van der Waals surface area contributed by atoms with Crippen LogP contribution in [0.2, 0.25) is 0 Å². The van der Waals surface area contributed by atoms with E-state index >= 15 is 0 Å². The molecule has 6 heteroatoms. The van der Waals surface area contributed by atoms with Gasteiger partial charge in [0.2, 0.25) is 0 Å². The first-order valence-electron chi connectivity index (χ1n) is 7.94. The van der Waals surface area contributed by atoms with Crippen LogP contribution in [0.1, 0.15) is 56.4 Å².